The maximum Gasteiger partial charge on any atom is 0.416 e. The van der Waals surface area contributed by atoms with Gasteiger partial charge in [-0.05, 0) is 44.2 Å². The molecule has 1 saturated carbocycles. The van der Waals surface area contributed by atoms with Crippen LogP contribution in [-0.4, -0.2) is 63.3 Å². The van der Waals surface area contributed by atoms with Gasteiger partial charge in [0.25, 0.3) is 0 Å². The molecular weight excluding hydrogens is 532 g/mol. The molecule has 5 nitrogen and oxygen atoms in total. The Balaban J connectivity index is 0.00000363. The lowest BCUT2D eigenvalue weighted by atomic mass is 9.64. The number of benzene rings is 1. The number of nitrogens with one attached hydrogen (secondary N) is 2. The third-order valence-electron chi connectivity index (χ3n) is 6.54. The highest BCUT2D eigenvalue weighted by Gasteiger charge is 2.40. The summed E-state index contributed by atoms with van der Waals surface area (Å²) in [7, 11) is 1.72. The Bertz CT molecular complexity index is 732. The molecule has 0 spiro atoms. The van der Waals surface area contributed by atoms with Gasteiger partial charge in [-0.25, -0.2) is 0 Å². The van der Waals surface area contributed by atoms with Crippen LogP contribution in [0, 0.1) is 0 Å². The molecule has 182 valence electrons. The van der Waals surface area contributed by atoms with Crippen molar-refractivity contribution in [2.24, 2.45) is 4.99 Å². The van der Waals surface area contributed by atoms with E-state index in [2.05, 4.69) is 15.5 Å². The Morgan fingerprint density at radius 3 is 2.53 bits per heavy atom. The van der Waals surface area contributed by atoms with Crippen LogP contribution in [0.3, 0.4) is 0 Å². The van der Waals surface area contributed by atoms with E-state index < -0.39 is 11.7 Å². The number of likely N-dealkylation sites (tertiary alicyclic amines) is 1. The smallest absolute Gasteiger partial charge is 0.383 e. The van der Waals surface area contributed by atoms with Crippen LogP contribution in [0.4, 0.5) is 13.2 Å². The van der Waals surface area contributed by atoms with E-state index in [4.69, 9.17) is 9.73 Å². The van der Waals surface area contributed by atoms with E-state index >= 15 is 0 Å². The van der Waals surface area contributed by atoms with Gasteiger partial charge in [-0.3, -0.25) is 4.99 Å². The predicted octanol–water partition coefficient (Wildman–Crippen LogP) is 4.41. The summed E-state index contributed by atoms with van der Waals surface area (Å²) in [6, 6.07) is 6.14. The maximum absolute atomic E-state index is 13.2. The predicted molar refractivity (Wildman–Crippen MR) is 133 cm³/mol. The molecule has 0 bridgehead atoms. The third-order valence-corrected chi connectivity index (χ3v) is 6.54. The Labute approximate surface area is 206 Å². The molecule has 9 heteroatoms. The van der Waals surface area contributed by atoms with Gasteiger partial charge in [0.15, 0.2) is 5.96 Å². The first-order valence-corrected chi connectivity index (χ1v) is 11.3. The van der Waals surface area contributed by atoms with E-state index in [1.54, 1.807) is 7.11 Å². The summed E-state index contributed by atoms with van der Waals surface area (Å²) < 4.78 is 44.7. The molecule has 1 aromatic rings. The van der Waals surface area contributed by atoms with Gasteiger partial charge in [0.2, 0.25) is 0 Å². The highest BCUT2D eigenvalue weighted by atomic mass is 127. The molecule has 0 aromatic heterocycles. The molecule has 0 atom stereocenters. The molecule has 2 fully saturated rings. The highest BCUT2D eigenvalue weighted by molar-refractivity contribution is 14.0. The second-order valence-corrected chi connectivity index (χ2v) is 8.66. The number of rotatable bonds is 8. The topological polar surface area (TPSA) is 48.9 Å². The van der Waals surface area contributed by atoms with Crippen molar-refractivity contribution in [3.05, 3.63) is 35.4 Å². The Morgan fingerprint density at radius 1 is 1.25 bits per heavy atom. The van der Waals surface area contributed by atoms with E-state index in [-0.39, 0.29) is 29.4 Å². The molecule has 1 aromatic carbocycles. The zero-order valence-corrected chi connectivity index (χ0v) is 21.3. The molecule has 1 heterocycles. The number of aliphatic imine (C=N–C) groups is 1. The van der Waals surface area contributed by atoms with Gasteiger partial charge in [-0.15, -0.1) is 24.0 Å². The zero-order valence-electron chi connectivity index (χ0n) is 19.0. The zero-order chi connectivity index (χ0) is 22.3. The van der Waals surface area contributed by atoms with Crippen molar-refractivity contribution < 1.29 is 17.9 Å². The van der Waals surface area contributed by atoms with E-state index in [0.29, 0.717) is 12.6 Å². The Morgan fingerprint density at radius 2 is 1.97 bits per heavy atom. The summed E-state index contributed by atoms with van der Waals surface area (Å²) in [4.78, 5) is 7.22. The molecule has 1 aliphatic heterocycles. The monoisotopic (exact) mass is 568 g/mol. The van der Waals surface area contributed by atoms with Gasteiger partial charge in [0.1, 0.15) is 0 Å². The van der Waals surface area contributed by atoms with Crippen molar-refractivity contribution >= 4 is 29.9 Å². The number of hydrogen-bond acceptors (Lipinski definition) is 3. The fraction of sp³-hybridized carbons (Fsp3) is 0.696. The first-order valence-electron chi connectivity index (χ1n) is 11.3. The molecule has 0 amide bonds. The summed E-state index contributed by atoms with van der Waals surface area (Å²) in [5.41, 5.74) is -0.127. The first kappa shape index (κ1) is 27.2. The summed E-state index contributed by atoms with van der Waals surface area (Å²) in [5.74, 6) is 0.760. The van der Waals surface area contributed by atoms with Crippen LogP contribution in [0.5, 0.6) is 0 Å². The molecule has 3 rings (SSSR count). The summed E-state index contributed by atoms with van der Waals surface area (Å²) in [5, 5.41) is 6.85. The minimum Gasteiger partial charge on any atom is -0.383 e. The van der Waals surface area contributed by atoms with E-state index in [0.717, 1.165) is 82.5 Å². The lowest BCUT2D eigenvalue weighted by Crippen LogP contribution is -2.49. The Hall–Kier alpha value is -1.07. The average molecular weight is 568 g/mol. The third kappa shape index (κ3) is 7.21. The molecule has 0 unspecified atom stereocenters. The van der Waals surface area contributed by atoms with Crippen LogP contribution in [0.2, 0.25) is 0 Å². The van der Waals surface area contributed by atoms with Crippen molar-refractivity contribution in [2.75, 3.05) is 46.4 Å². The van der Waals surface area contributed by atoms with Gasteiger partial charge in [-0.2, -0.15) is 13.2 Å². The molecule has 1 saturated heterocycles. The quantitative estimate of drug-likeness (QED) is 0.277. The van der Waals surface area contributed by atoms with Gasteiger partial charge >= 0.3 is 6.18 Å². The van der Waals surface area contributed by atoms with E-state index in [9.17, 15) is 13.2 Å². The van der Waals surface area contributed by atoms with Crippen LogP contribution >= 0.6 is 24.0 Å². The largest absolute Gasteiger partial charge is 0.416 e. The number of piperidine rings is 1. The van der Waals surface area contributed by atoms with Crippen molar-refractivity contribution in [3.8, 4) is 0 Å². The molecule has 0 radical (unpaired) electrons. The number of hydrogen-bond donors (Lipinski definition) is 2. The Kier molecular flexibility index (Phi) is 10.5. The van der Waals surface area contributed by atoms with Crippen molar-refractivity contribution in [2.45, 2.75) is 56.7 Å². The van der Waals surface area contributed by atoms with Crippen LogP contribution < -0.4 is 10.6 Å². The second kappa shape index (κ2) is 12.4. The summed E-state index contributed by atoms with van der Waals surface area (Å²) >= 11 is 0. The molecule has 32 heavy (non-hydrogen) atoms. The number of methoxy groups -OCH3 is 1. The van der Waals surface area contributed by atoms with Crippen molar-refractivity contribution in [3.63, 3.8) is 0 Å². The fourth-order valence-electron chi connectivity index (χ4n) is 4.43. The summed E-state index contributed by atoms with van der Waals surface area (Å²) in [6.45, 7) is 7.02. The van der Waals surface area contributed by atoms with Gasteiger partial charge in [0, 0.05) is 44.7 Å². The maximum atomic E-state index is 13.2. The molecule has 2 N–H and O–H groups in total. The lowest BCUT2D eigenvalue weighted by molar-refractivity contribution is -0.137. The van der Waals surface area contributed by atoms with Gasteiger partial charge < -0.3 is 20.3 Å². The number of ether oxygens (including phenoxy) is 1. The number of guanidine groups is 1. The summed E-state index contributed by atoms with van der Waals surface area (Å²) in [6.07, 6.45) is 0.512. The van der Waals surface area contributed by atoms with Crippen LogP contribution in [-0.2, 0) is 16.3 Å². The molecule has 2 aliphatic rings. The molecule has 1 aliphatic carbocycles. The minimum absolute atomic E-state index is 0. The van der Waals surface area contributed by atoms with Gasteiger partial charge in [0.05, 0.1) is 18.7 Å². The van der Waals surface area contributed by atoms with Gasteiger partial charge in [-0.1, -0.05) is 24.6 Å². The van der Waals surface area contributed by atoms with E-state index in [1.165, 1.54) is 12.1 Å². The SMILES string of the molecule is CCNC(=NCC1(c2cccc(C(F)(F)F)c2)CCC1)NC1CCN(CCOC)CC1.I. The van der Waals surface area contributed by atoms with Crippen molar-refractivity contribution in [1.82, 2.24) is 15.5 Å². The standard InChI is InChI=1S/C23H35F3N4O.HI/c1-3-27-21(29-20-8-12-30(13-9-20)14-15-31-2)28-17-22(10-5-11-22)18-6-4-7-19(16-18)23(24,25)26;/h4,6-7,16,20H,3,5,8-15,17H2,1-2H3,(H2,27,28,29);1H. The number of nitrogens with zero attached hydrogens (tertiary/aromatic N) is 2. The van der Waals surface area contributed by atoms with E-state index in [1.807, 2.05) is 13.0 Å². The van der Waals surface area contributed by atoms with Crippen LogP contribution in [0.15, 0.2) is 29.3 Å². The highest BCUT2D eigenvalue weighted by Crippen LogP contribution is 2.45. The fourth-order valence-corrected chi connectivity index (χ4v) is 4.43. The number of alkyl halides is 3. The number of halogens is 4. The lowest BCUT2D eigenvalue weighted by Gasteiger charge is -2.42. The van der Waals surface area contributed by atoms with Crippen molar-refractivity contribution in [1.29, 1.82) is 0 Å². The molecular formula is C23H36F3IN4O. The van der Waals surface area contributed by atoms with Crippen LogP contribution in [0.1, 0.15) is 50.2 Å². The first-order chi connectivity index (χ1) is 14.9. The average Bonchev–Trinajstić information content (AvgIpc) is 2.72. The second-order valence-electron chi connectivity index (χ2n) is 8.66. The normalized spacial score (nSPS) is 19.7. The van der Waals surface area contributed by atoms with Crippen LogP contribution in [0.25, 0.3) is 0 Å². The minimum atomic E-state index is -4.32.